The molecule has 0 saturated carbocycles. The number of hydrogen-bond donors (Lipinski definition) is 12. The molecule has 0 spiro atoms. The molecule has 0 heterocycles. The Bertz CT molecular complexity index is 2180. The van der Waals surface area contributed by atoms with Gasteiger partial charge in [-0.3, -0.25) is 38.4 Å². The number of benzene rings is 4. The first-order chi connectivity index (χ1) is 28.0. The fourth-order valence-corrected chi connectivity index (χ4v) is 4.72. The molecule has 4 rings (SSSR count). The SMILES string of the molecule is Cc1c(N)cccc1C(=O)NCC(=O)O.Cc1cc(N)ccc1C(=O)NCC(=O)O.Cc1ccc(N)cc1C(=O)NCC(=O)O.Cc1cccc(N)c1C(=O)NCC(=O)O. The maximum Gasteiger partial charge on any atom is 0.322 e. The zero-order valence-corrected chi connectivity index (χ0v) is 33.1. The number of rotatable bonds is 12. The van der Waals surface area contributed by atoms with Crippen molar-refractivity contribution < 1.29 is 58.8 Å². The molecule has 0 bridgehead atoms. The van der Waals surface area contributed by atoms with Crippen LogP contribution in [0.4, 0.5) is 22.7 Å². The highest BCUT2D eigenvalue weighted by Crippen LogP contribution is 2.17. The van der Waals surface area contributed by atoms with Crippen molar-refractivity contribution in [2.24, 2.45) is 0 Å². The number of nitrogens with one attached hydrogen (secondary N) is 4. The molecule has 60 heavy (non-hydrogen) atoms. The number of aryl methyl sites for hydroxylation is 3. The van der Waals surface area contributed by atoms with E-state index < -0.39 is 67.1 Å². The Kier molecular flexibility index (Phi) is 20.3. The van der Waals surface area contributed by atoms with Crippen molar-refractivity contribution >= 4 is 70.3 Å². The normalized spacial score (nSPS) is 9.67. The minimum absolute atomic E-state index is 0.332. The van der Waals surface area contributed by atoms with Gasteiger partial charge in [-0.15, -0.1) is 0 Å². The van der Waals surface area contributed by atoms with E-state index in [1.807, 2.05) is 0 Å². The summed E-state index contributed by atoms with van der Waals surface area (Å²) in [6, 6.07) is 19.8. The highest BCUT2D eigenvalue weighted by Gasteiger charge is 2.14. The number of carboxylic acids is 4. The first kappa shape index (κ1) is 49.9. The third-order valence-corrected chi connectivity index (χ3v) is 7.75. The fourth-order valence-electron chi connectivity index (χ4n) is 4.72. The molecule has 0 unspecified atom stereocenters. The van der Waals surface area contributed by atoms with Crippen LogP contribution in [0.5, 0.6) is 0 Å². The molecule has 16 N–H and O–H groups in total. The van der Waals surface area contributed by atoms with Crippen LogP contribution in [0, 0.1) is 27.7 Å². The number of anilines is 4. The van der Waals surface area contributed by atoms with Crippen molar-refractivity contribution in [2.45, 2.75) is 27.7 Å². The molecule has 4 aromatic rings. The Hall–Kier alpha value is -8.16. The summed E-state index contributed by atoms with van der Waals surface area (Å²) in [4.78, 5) is 87.0. The third-order valence-electron chi connectivity index (χ3n) is 7.75. The molecule has 4 amide bonds. The van der Waals surface area contributed by atoms with Gasteiger partial charge in [-0.2, -0.15) is 0 Å². The van der Waals surface area contributed by atoms with Crippen LogP contribution in [0.1, 0.15) is 63.7 Å². The molecule has 0 saturated heterocycles. The highest BCUT2D eigenvalue weighted by atomic mass is 16.4. The van der Waals surface area contributed by atoms with Gasteiger partial charge in [-0.1, -0.05) is 24.3 Å². The number of carboxylic acid groups (broad SMARTS) is 4. The molecule has 0 fully saturated rings. The van der Waals surface area contributed by atoms with E-state index in [4.69, 9.17) is 43.4 Å². The maximum absolute atomic E-state index is 11.5. The lowest BCUT2D eigenvalue weighted by Gasteiger charge is -2.08. The number of amides is 4. The summed E-state index contributed by atoms with van der Waals surface area (Å²) in [7, 11) is 0. The van der Waals surface area contributed by atoms with E-state index in [1.165, 1.54) is 6.07 Å². The Labute approximate surface area is 343 Å². The molecular weight excluding hydrogens is 784 g/mol. The summed E-state index contributed by atoms with van der Waals surface area (Å²) in [5, 5.41) is 42.7. The highest BCUT2D eigenvalue weighted by molar-refractivity contribution is 6.02. The van der Waals surface area contributed by atoms with Gasteiger partial charge in [-0.25, -0.2) is 0 Å². The molecule has 0 aliphatic carbocycles. The second-order valence-corrected chi connectivity index (χ2v) is 12.5. The molecule has 0 aliphatic rings. The monoisotopic (exact) mass is 832 g/mol. The second kappa shape index (κ2) is 24.5. The van der Waals surface area contributed by atoms with Crippen LogP contribution in [-0.2, 0) is 19.2 Å². The number of carbonyl (C=O) groups excluding carboxylic acids is 4. The van der Waals surface area contributed by atoms with Gasteiger partial charge in [-0.05, 0) is 98.5 Å². The summed E-state index contributed by atoms with van der Waals surface area (Å²) in [6.45, 7) is 5.37. The van der Waals surface area contributed by atoms with Crippen molar-refractivity contribution in [2.75, 3.05) is 49.1 Å². The van der Waals surface area contributed by atoms with E-state index >= 15 is 0 Å². The lowest BCUT2D eigenvalue weighted by atomic mass is 10.1. The molecule has 0 aliphatic heterocycles. The van der Waals surface area contributed by atoms with E-state index in [9.17, 15) is 38.4 Å². The van der Waals surface area contributed by atoms with Crippen LogP contribution in [0.25, 0.3) is 0 Å². The summed E-state index contributed by atoms with van der Waals surface area (Å²) < 4.78 is 0. The lowest BCUT2D eigenvalue weighted by Crippen LogP contribution is -2.30. The Morgan fingerprint density at radius 1 is 0.433 bits per heavy atom. The molecule has 4 aromatic carbocycles. The number of aliphatic carboxylic acids is 4. The van der Waals surface area contributed by atoms with Crippen LogP contribution < -0.4 is 44.2 Å². The minimum atomic E-state index is -1.09. The first-order valence-corrected chi connectivity index (χ1v) is 17.5. The van der Waals surface area contributed by atoms with Gasteiger partial charge in [0.2, 0.25) is 0 Å². The van der Waals surface area contributed by atoms with Gasteiger partial charge in [0.15, 0.2) is 0 Å². The largest absolute Gasteiger partial charge is 0.480 e. The zero-order valence-electron chi connectivity index (χ0n) is 33.1. The number of nitrogen functional groups attached to an aromatic ring is 4. The topological polar surface area (TPSA) is 370 Å². The molecule has 0 aromatic heterocycles. The summed E-state index contributed by atoms with van der Waals surface area (Å²) in [5.74, 6) is -6.05. The minimum Gasteiger partial charge on any atom is -0.480 e. The average Bonchev–Trinajstić information content (AvgIpc) is 3.17. The Morgan fingerprint density at radius 2 is 0.850 bits per heavy atom. The molecule has 20 nitrogen and oxygen atoms in total. The van der Waals surface area contributed by atoms with Crippen LogP contribution in [0.2, 0.25) is 0 Å². The fraction of sp³-hybridized carbons (Fsp3) is 0.200. The van der Waals surface area contributed by atoms with Crippen LogP contribution in [0.3, 0.4) is 0 Å². The number of hydrogen-bond acceptors (Lipinski definition) is 12. The third kappa shape index (κ3) is 17.7. The molecule has 320 valence electrons. The molecular formula is C40H48N8O12. The van der Waals surface area contributed by atoms with Crippen molar-refractivity contribution in [1.82, 2.24) is 21.3 Å². The van der Waals surface area contributed by atoms with E-state index in [2.05, 4.69) is 21.3 Å². The quantitative estimate of drug-likeness (QED) is 0.0901. The molecule has 0 radical (unpaired) electrons. The second-order valence-electron chi connectivity index (χ2n) is 12.5. The number of carbonyl (C=O) groups is 8. The van der Waals surface area contributed by atoms with Crippen molar-refractivity contribution in [3.63, 3.8) is 0 Å². The van der Waals surface area contributed by atoms with E-state index in [-0.39, 0.29) is 6.54 Å². The van der Waals surface area contributed by atoms with Gasteiger partial charge in [0.1, 0.15) is 26.2 Å². The van der Waals surface area contributed by atoms with E-state index in [0.717, 1.165) is 16.7 Å². The van der Waals surface area contributed by atoms with Gasteiger partial charge in [0.05, 0.1) is 5.56 Å². The zero-order chi connectivity index (χ0) is 45.7. The van der Waals surface area contributed by atoms with Crippen LogP contribution in [-0.4, -0.2) is 94.1 Å². The van der Waals surface area contributed by atoms with Crippen molar-refractivity contribution in [1.29, 1.82) is 0 Å². The summed E-state index contributed by atoms with van der Waals surface area (Å²) >= 11 is 0. The van der Waals surface area contributed by atoms with Crippen molar-refractivity contribution in [3.05, 3.63) is 117 Å². The van der Waals surface area contributed by atoms with Crippen LogP contribution >= 0.6 is 0 Å². The first-order valence-electron chi connectivity index (χ1n) is 17.5. The van der Waals surface area contributed by atoms with E-state index in [0.29, 0.717) is 50.6 Å². The van der Waals surface area contributed by atoms with Gasteiger partial charge in [0.25, 0.3) is 23.6 Å². The summed E-state index contributed by atoms with van der Waals surface area (Å²) in [5.41, 5.74) is 28.6. The summed E-state index contributed by atoms with van der Waals surface area (Å²) in [6.07, 6.45) is 0. The van der Waals surface area contributed by atoms with Gasteiger partial charge in [0, 0.05) is 39.4 Å². The predicted octanol–water partition coefficient (Wildman–Crippen LogP) is 1.57. The van der Waals surface area contributed by atoms with Gasteiger partial charge < -0.3 is 64.6 Å². The number of nitrogens with two attached hydrogens (primary N) is 4. The molecule has 0 atom stereocenters. The molecule has 20 heteroatoms. The van der Waals surface area contributed by atoms with Crippen molar-refractivity contribution in [3.8, 4) is 0 Å². The average molecular weight is 833 g/mol. The lowest BCUT2D eigenvalue weighted by molar-refractivity contribution is -0.136. The Balaban J connectivity index is 0.000000400. The van der Waals surface area contributed by atoms with Crippen LogP contribution in [0.15, 0.2) is 72.8 Å². The Morgan fingerprint density at radius 3 is 1.33 bits per heavy atom. The predicted molar refractivity (Wildman–Crippen MR) is 222 cm³/mol. The standard InChI is InChI=1S/4C10H12N2O3/c1-6-4-7(11)2-3-8(6)10(15)12-5-9(13)14;1-6-2-3-7(11)4-8(6)10(15)12-5-9(13)14;1-6-7(3-2-4-8(6)11)10(15)12-5-9(13)14;1-6-3-2-4-7(11)9(6)10(15)12-5-8(13)14/h4*2-4H,5,11H2,1H3,(H,12,15)(H,13,14). The van der Waals surface area contributed by atoms with E-state index in [1.54, 1.807) is 94.4 Å². The maximum atomic E-state index is 11.5. The smallest absolute Gasteiger partial charge is 0.322 e. The van der Waals surface area contributed by atoms with Gasteiger partial charge >= 0.3 is 23.9 Å².